The Labute approximate surface area is 366 Å². The number of alkyl halides is 2. The van der Waals surface area contributed by atoms with E-state index in [0.717, 1.165) is 36.5 Å². The lowest BCUT2D eigenvalue weighted by Crippen LogP contribution is -2.37. The highest BCUT2D eigenvalue weighted by Crippen LogP contribution is 2.65. The van der Waals surface area contributed by atoms with Gasteiger partial charge < -0.3 is 40.6 Å². The van der Waals surface area contributed by atoms with Crippen LogP contribution in [0.4, 0.5) is 26.2 Å². The van der Waals surface area contributed by atoms with E-state index in [9.17, 15) is 23.5 Å². The quantitative estimate of drug-likeness (QED) is 0.0680. The first-order valence-corrected chi connectivity index (χ1v) is 24.6. The van der Waals surface area contributed by atoms with Crippen LogP contribution in [-0.4, -0.2) is 115 Å². The van der Waals surface area contributed by atoms with Gasteiger partial charge in [0.2, 0.25) is 25.3 Å². The van der Waals surface area contributed by atoms with E-state index in [0.29, 0.717) is 29.1 Å². The molecule has 7 N–H and O–H groups in total. The van der Waals surface area contributed by atoms with Crippen molar-refractivity contribution in [3.05, 3.63) is 59.2 Å². The number of halogens is 2. The maximum absolute atomic E-state index is 16.8. The molecule has 3 aliphatic rings. The van der Waals surface area contributed by atoms with Gasteiger partial charge in [-0.15, -0.1) is 0 Å². The number of H-pyrrole nitrogens is 1. The molecule has 3 fully saturated rings. The van der Waals surface area contributed by atoms with E-state index >= 15 is 8.78 Å². The number of aromatic amines is 1. The van der Waals surface area contributed by atoms with Gasteiger partial charge in [-0.2, -0.15) is 4.98 Å². The number of unbranched alkanes of at least 4 members (excludes halogenated alkanes) is 2. The third kappa shape index (κ3) is 9.87. The van der Waals surface area contributed by atoms with Crippen molar-refractivity contribution in [2.75, 3.05) is 36.5 Å². The number of ether oxygens (including phenoxy) is 2. The Bertz CT molecular complexity index is 2680. The Morgan fingerprint density at radius 3 is 2.27 bits per heavy atom. The molecule has 23 nitrogen and oxygen atoms in total. The van der Waals surface area contributed by atoms with Crippen LogP contribution in [0.15, 0.2) is 48.0 Å². The zero-order valence-corrected chi connectivity index (χ0v) is 36.3. The van der Waals surface area contributed by atoms with Gasteiger partial charge in [0, 0.05) is 17.9 Å². The third-order valence-corrected chi connectivity index (χ3v) is 15.0. The first kappa shape index (κ1) is 45.7. The maximum atomic E-state index is 16.8. The number of anilines is 3. The Balaban J connectivity index is 1.04. The monoisotopic (exact) mass is 948 g/mol. The minimum atomic E-state index is -4.74. The van der Waals surface area contributed by atoms with Gasteiger partial charge in [-0.3, -0.25) is 42.1 Å². The van der Waals surface area contributed by atoms with Crippen molar-refractivity contribution < 1.29 is 55.1 Å². The number of hydrogen-bond donors (Lipinski definition) is 5. The zero-order valence-electron chi connectivity index (χ0n) is 33.7. The minimum absolute atomic E-state index is 0.00674. The molecule has 340 valence electrons. The fourth-order valence-corrected chi connectivity index (χ4v) is 11.6. The Hall–Kier alpha value is -4.85. The fourth-order valence-electron chi connectivity index (χ4n) is 7.18. The van der Waals surface area contributed by atoms with Crippen LogP contribution >= 0.6 is 25.7 Å². The standard InChI is InChI=1S/C35H41BF2N12O11P2S/c1-2-3-4-5-21(51)41-10-22(52)46-18-8-6-17(7-9-18)13-64-63(55)57-12-20-27(23(37)34(59-20)50-16-45-26-31(50)47-35(40)48-32(26)53)60-62(36,54)56-11-19-28(61-63)24(38)33(58-19)49-15-44-25-29(39)42-14-43-30(25)49/h6-9,14-16,19-20,23-24,27-28,33-34H,2-5,10-13H2,1H3,(H,41,51)(H,46,52)(H2,39,42,43)(H3,40,47,48,53)/t19-,20-,23-,24-,27-,28-,33-,34-,62?,63-/m1/s1. The summed E-state index contributed by atoms with van der Waals surface area (Å²) in [6, 6.07) is 6.41. The average molecular weight is 949 g/mol. The summed E-state index contributed by atoms with van der Waals surface area (Å²) in [5, 5.41) is 5.28. The number of hydrogen-bond acceptors (Lipinski definition) is 19. The lowest BCUT2D eigenvalue weighted by Gasteiger charge is -2.30. The molecule has 4 aromatic heterocycles. The minimum Gasteiger partial charge on any atom is -0.382 e. The predicted molar refractivity (Wildman–Crippen MR) is 226 cm³/mol. The van der Waals surface area contributed by atoms with Crippen molar-refractivity contribution in [1.29, 1.82) is 0 Å². The highest BCUT2D eigenvalue weighted by Gasteiger charge is 2.54. The second-order valence-corrected chi connectivity index (χ2v) is 20.4. The molecule has 2 radical (unpaired) electrons. The third-order valence-electron chi connectivity index (χ3n) is 10.3. The van der Waals surface area contributed by atoms with Crippen molar-refractivity contribution in [3.8, 4) is 0 Å². The van der Waals surface area contributed by atoms with Gasteiger partial charge in [0.25, 0.3) is 13.0 Å². The van der Waals surface area contributed by atoms with Crippen molar-refractivity contribution >= 4 is 84.8 Å². The molecule has 3 aliphatic heterocycles. The van der Waals surface area contributed by atoms with E-state index in [-0.39, 0.29) is 52.3 Å². The number of nitrogen functional groups attached to an aromatic ring is 2. The summed E-state index contributed by atoms with van der Waals surface area (Å²) in [5.41, 5.74) is 11.8. The van der Waals surface area contributed by atoms with Gasteiger partial charge in [-0.25, -0.2) is 33.3 Å². The normalized spacial score (nSPS) is 29.7. The predicted octanol–water partition coefficient (Wildman–Crippen LogP) is 3.37. The number of carbonyl (C=O) groups excluding carboxylic acids is 2. The smallest absolute Gasteiger partial charge is 0.382 e. The number of nitrogens with two attached hydrogens (primary N) is 2. The Kier molecular flexibility index (Phi) is 13.5. The van der Waals surface area contributed by atoms with Gasteiger partial charge in [-0.05, 0) is 35.5 Å². The van der Waals surface area contributed by atoms with Gasteiger partial charge in [-0.1, -0.05) is 31.9 Å². The zero-order chi connectivity index (χ0) is 45.3. The van der Waals surface area contributed by atoms with Crippen molar-refractivity contribution in [3.63, 3.8) is 0 Å². The first-order chi connectivity index (χ1) is 30.6. The van der Waals surface area contributed by atoms with Gasteiger partial charge >= 0.3 is 6.80 Å². The second-order valence-electron chi connectivity index (χ2n) is 14.8. The number of carbonyl (C=O) groups is 2. The van der Waals surface area contributed by atoms with Crippen LogP contribution in [0, 0.1) is 0 Å². The summed E-state index contributed by atoms with van der Waals surface area (Å²) in [6.45, 7) is -4.33. The molecule has 0 spiro atoms. The van der Waals surface area contributed by atoms with Crippen LogP contribution in [-0.2, 0) is 52.0 Å². The van der Waals surface area contributed by atoms with Crippen LogP contribution in [0.1, 0.15) is 50.6 Å². The number of fused-ring (bicyclic) bond motifs is 4. The topological polar surface area (TPSA) is 307 Å². The number of nitrogens with one attached hydrogen (secondary N) is 3. The molecule has 7 heterocycles. The number of aromatic nitrogens is 8. The van der Waals surface area contributed by atoms with Crippen molar-refractivity contribution in [2.24, 2.45) is 0 Å². The van der Waals surface area contributed by atoms with E-state index in [1.165, 1.54) is 10.9 Å². The number of imidazole rings is 2. The molecule has 5 aromatic rings. The molecule has 10 atom stereocenters. The SMILES string of the molecule is [B]P1(=O)OC[C@H]2O[C@@H](n3cnc4c(N)ncnc43)[C@H](F)[C@@H]2O[P@](=O)(SCc2ccc(NC(=O)CNC(=O)CCCCC)cc2)OC[C@H]2O[C@@H](n3cnc4c(=O)[nH]c(N)nc43)[C@H](F)[C@@H]2O1. The first-order valence-electron chi connectivity index (χ1n) is 19.8. The number of rotatable bonds is 12. The molecule has 0 saturated carbocycles. The second kappa shape index (κ2) is 18.9. The van der Waals surface area contributed by atoms with Crippen molar-refractivity contribution in [1.82, 2.24) is 44.4 Å². The Morgan fingerprint density at radius 1 is 0.906 bits per heavy atom. The van der Waals surface area contributed by atoms with Gasteiger partial charge in [0.15, 0.2) is 47.4 Å². The molecule has 1 aromatic carbocycles. The van der Waals surface area contributed by atoms with E-state index < -0.39 is 88.2 Å². The van der Waals surface area contributed by atoms with E-state index in [4.69, 9.17) is 46.6 Å². The summed E-state index contributed by atoms with van der Waals surface area (Å²) in [5.74, 6) is -1.04. The Morgan fingerprint density at radius 2 is 1.56 bits per heavy atom. The molecule has 29 heteroatoms. The molecular weight excluding hydrogens is 907 g/mol. The van der Waals surface area contributed by atoms with E-state index in [2.05, 4.69) is 40.5 Å². The molecule has 64 heavy (non-hydrogen) atoms. The van der Waals surface area contributed by atoms with E-state index in [1.807, 2.05) is 6.92 Å². The maximum Gasteiger partial charge on any atom is 0.389 e. The lowest BCUT2D eigenvalue weighted by atomic mass is 10.1. The summed E-state index contributed by atoms with van der Waals surface area (Å²) >= 11 is 0.645. The largest absolute Gasteiger partial charge is 0.389 e. The van der Waals surface area contributed by atoms with E-state index in [1.54, 1.807) is 24.3 Å². The lowest BCUT2D eigenvalue weighted by molar-refractivity contribution is -0.124. The summed E-state index contributed by atoms with van der Waals surface area (Å²) < 4.78 is 99.2. The van der Waals surface area contributed by atoms with Crippen molar-refractivity contribution in [2.45, 2.75) is 87.6 Å². The van der Waals surface area contributed by atoms with Crippen LogP contribution in [0.25, 0.3) is 22.3 Å². The molecule has 3 saturated heterocycles. The molecule has 2 amide bonds. The van der Waals surface area contributed by atoms with Crippen LogP contribution in [0.2, 0.25) is 0 Å². The number of benzene rings is 1. The molecule has 0 aliphatic carbocycles. The van der Waals surface area contributed by atoms with Gasteiger partial charge in [0.1, 0.15) is 36.3 Å². The van der Waals surface area contributed by atoms with Crippen LogP contribution < -0.4 is 27.7 Å². The average Bonchev–Trinajstić information content (AvgIpc) is 4.03. The van der Waals surface area contributed by atoms with Crippen LogP contribution in [0.3, 0.4) is 0 Å². The molecular formula is C35H41BF2N12O11P2S. The molecule has 0 bridgehead atoms. The van der Waals surface area contributed by atoms with Gasteiger partial charge in [0.05, 0.1) is 32.4 Å². The summed E-state index contributed by atoms with van der Waals surface area (Å²) in [4.78, 5) is 59.6. The van der Waals surface area contributed by atoms with Crippen LogP contribution in [0.5, 0.6) is 0 Å². The summed E-state index contributed by atoms with van der Waals surface area (Å²) in [6.07, 6.45) is -7.83. The summed E-state index contributed by atoms with van der Waals surface area (Å²) in [7, 11) is 1.23. The number of amides is 2. The fraction of sp³-hybridized carbons (Fsp3) is 0.486. The number of nitrogens with zero attached hydrogens (tertiary/aromatic N) is 7. The molecule has 8 rings (SSSR count). The molecule has 1 unspecified atom stereocenters. The highest BCUT2D eigenvalue weighted by molar-refractivity contribution is 8.54. The highest BCUT2D eigenvalue weighted by atomic mass is 32.7.